The first-order valence-corrected chi connectivity index (χ1v) is 7.10. The second-order valence-corrected chi connectivity index (χ2v) is 5.13. The zero-order valence-corrected chi connectivity index (χ0v) is 12.5. The number of hydrogen-bond donors (Lipinski definition) is 1. The SMILES string of the molecule is CCOC(=O)[C@@H](C(C)=N)[C@@H]1CC(=O)N(c2ccccc2)C1=O. The van der Waals surface area contributed by atoms with Crippen molar-refractivity contribution in [3.8, 4) is 0 Å². The smallest absolute Gasteiger partial charge is 0.315 e. The standard InChI is InChI=1S/C16H18N2O4/c1-3-22-16(21)14(10(2)17)12-9-13(19)18(15(12)20)11-7-5-4-6-8-11/h4-8,12,14,17H,3,9H2,1-2H3/t12-,14-/m0/s1. The Morgan fingerprint density at radius 1 is 1.36 bits per heavy atom. The summed E-state index contributed by atoms with van der Waals surface area (Å²) >= 11 is 0. The second kappa shape index (κ2) is 6.51. The first kappa shape index (κ1) is 15.9. The summed E-state index contributed by atoms with van der Waals surface area (Å²) in [5.41, 5.74) is 0.504. The molecule has 1 aliphatic heterocycles. The van der Waals surface area contributed by atoms with E-state index in [9.17, 15) is 14.4 Å². The van der Waals surface area contributed by atoms with Crippen LogP contribution in [0, 0.1) is 17.2 Å². The number of nitrogens with one attached hydrogen (secondary N) is 1. The molecule has 0 aliphatic carbocycles. The third-order valence-corrected chi connectivity index (χ3v) is 3.61. The van der Waals surface area contributed by atoms with Gasteiger partial charge in [0.05, 0.1) is 18.2 Å². The van der Waals surface area contributed by atoms with Crippen LogP contribution in [0.1, 0.15) is 20.3 Å². The zero-order chi connectivity index (χ0) is 16.3. The van der Waals surface area contributed by atoms with Gasteiger partial charge in [0.1, 0.15) is 5.92 Å². The average molecular weight is 302 g/mol. The van der Waals surface area contributed by atoms with E-state index in [0.717, 1.165) is 4.90 Å². The van der Waals surface area contributed by atoms with E-state index < -0.39 is 23.7 Å². The normalized spacial score (nSPS) is 19.2. The van der Waals surface area contributed by atoms with Crippen molar-refractivity contribution in [2.75, 3.05) is 11.5 Å². The van der Waals surface area contributed by atoms with Crippen molar-refractivity contribution in [1.82, 2.24) is 0 Å². The molecular weight excluding hydrogens is 284 g/mol. The fourth-order valence-electron chi connectivity index (χ4n) is 2.64. The van der Waals surface area contributed by atoms with E-state index in [0.29, 0.717) is 5.69 Å². The zero-order valence-electron chi connectivity index (χ0n) is 12.5. The van der Waals surface area contributed by atoms with Crippen molar-refractivity contribution in [2.45, 2.75) is 20.3 Å². The summed E-state index contributed by atoms with van der Waals surface area (Å²) in [5.74, 6) is -3.33. The number of carbonyl (C=O) groups is 3. The Bertz CT molecular complexity index is 612. The first-order chi connectivity index (χ1) is 10.5. The van der Waals surface area contributed by atoms with Gasteiger partial charge in [0.2, 0.25) is 11.8 Å². The topological polar surface area (TPSA) is 87.5 Å². The minimum atomic E-state index is -1.01. The van der Waals surface area contributed by atoms with E-state index in [1.807, 2.05) is 0 Å². The number of para-hydroxylation sites is 1. The summed E-state index contributed by atoms with van der Waals surface area (Å²) in [4.78, 5) is 37.9. The van der Waals surface area contributed by atoms with Crippen LogP contribution in [0.2, 0.25) is 0 Å². The molecule has 22 heavy (non-hydrogen) atoms. The van der Waals surface area contributed by atoms with Crippen molar-refractivity contribution in [3.63, 3.8) is 0 Å². The van der Waals surface area contributed by atoms with Crippen molar-refractivity contribution < 1.29 is 19.1 Å². The summed E-state index contributed by atoms with van der Waals surface area (Å²) in [5, 5.41) is 7.77. The number of amides is 2. The maximum absolute atomic E-state index is 12.6. The number of benzene rings is 1. The number of anilines is 1. The van der Waals surface area contributed by atoms with Crippen LogP contribution in [-0.2, 0) is 19.1 Å². The van der Waals surface area contributed by atoms with Gasteiger partial charge in [0.15, 0.2) is 0 Å². The highest BCUT2D eigenvalue weighted by atomic mass is 16.5. The summed E-state index contributed by atoms with van der Waals surface area (Å²) < 4.78 is 4.94. The van der Waals surface area contributed by atoms with Crippen molar-refractivity contribution in [2.24, 2.45) is 11.8 Å². The lowest BCUT2D eigenvalue weighted by molar-refractivity contribution is -0.148. The van der Waals surface area contributed by atoms with Gasteiger partial charge in [-0.15, -0.1) is 0 Å². The minimum absolute atomic E-state index is 0.0273. The largest absolute Gasteiger partial charge is 0.465 e. The van der Waals surface area contributed by atoms with Crippen LogP contribution in [0.4, 0.5) is 5.69 Å². The van der Waals surface area contributed by atoms with E-state index in [1.165, 1.54) is 6.92 Å². The minimum Gasteiger partial charge on any atom is -0.465 e. The fraction of sp³-hybridized carbons (Fsp3) is 0.375. The van der Waals surface area contributed by atoms with Crippen molar-refractivity contribution in [1.29, 1.82) is 5.41 Å². The number of carbonyl (C=O) groups excluding carboxylic acids is 3. The predicted molar refractivity (Wildman–Crippen MR) is 80.6 cm³/mol. The van der Waals surface area contributed by atoms with E-state index in [2.05, 4.69) is 0 Å². The monoisotopic (exact) mass is 302 g/mol. The predicted octanol–water partition coefficient (Wildman–Crippen LogP) is 1.79. The Morgan fingerprint density at radius 3 is 2.55 bits per heavy atom. The van der Waals surface area contributed by atoms with Gasteiger partial charge in [-0.25, -0.2) is 0 Å². The van der Waals surface area contributed by atoms with Crippen molar-refractivity contribution in [3.05, 3.63) is 30.3 Å². The molecule has 6 nitrogen and oxygen atoms in total. The third-order valence-electron chi connectivity index (χ3n) is 3.61. The van der Waals surface area contributed by atoms with Gasteiger partial charge < -0.3 is 10.1 Å². The highest BCUT2D eigenvalue weighted by molar-refractivity contribution is 6.23. The molecule has 2 amide bonds. The summed E-state index contributed by atoms with van der Waals surface area (Å²) in [6, 6.07) is 8.57. The Hall–Kier alpha value is -2.50. The van der Waals surface area contributed by atoms with Gasteiger partial charge in [-0.1, -0.05) is 18.2 Å². The third kappa shape index (κ3) is 2.90. The van der Waals surface area contributed by atoms with Crippen LogP contribution in [0.15, 0.2) is 30.3 Å². The number of nitrogens with zero attached hydrogens (tertiary/aromatic N) is 1. The first-order valence-electron chi connectivity index (χ1n) is 7.10. The second-order valence-electron chi connectivity index (χ2n) is 5.13. The molecule has 1 saturated heterocycles. The quantitative estimate of drug-likeness (QED) is 0.510. The number of hydrogen-bond acceptors (Lipinski definition) is 5. The Kier molecular flexibility index (Phi) is 4.70. The molecule has 2 atom stereocenters. The summed E-state index contributed by atoms with van der Waals surface area (Å²) in [6.45, 7) is 3.27. The molecule has 1 aromatic carbocycles. The van der Waals surface area contributed by atoms with Crippen LogP contribution in [-0.4, -0.2) is 30.1 Å². The number of imide groups is 1. The Labute approximate surface area is 128 Å². The van der Waals surface area contributed by atoms with E-state index in [-0.39, 0.29) is 24.6 Å². The lowest BCUT2D eigenvalue weighted by atomic mass is 9.87. The molecule has 1 aromatic rings. The molecule has 1 N–H and O–H groups in total. The van der Waals surface area contributed by atoms with Crippen LogP contribution >= 0.6 is 0 Å². The van der Waals surface area contributed by atoms with Crippen LogP contribution in [0.25, 0.3) is 0 Å². The molecule has 1 fully saturated rings. The molecule has 0 unspecified atom stereocenters. The molecule has 0 aromatic heterocycles. The van der Waals surface area contributed by atoms with E-state index in [1.54, 1.807) is 37.3 Å². The van der Waals surface area contributed by atoms with Crippen LogP contribution in [0.3, 0.4) is 0 Å². The van der Waals surface area contributed by atoms with E-state index in [4.69, 9.17) is 10.1 Å². The Morgan fingerprint density at radius 2 is 2.00 bits per heavy atom. The molecule has 0 radical (unpaired) electrons. The average Bonchev–Trinajstić information content (AvgIpc) is 2.75. The van der Waals surface area contributed by atoms with Gasteiger partial charge in [0, 0.05) is 12.1 Å². The number of rotatable bonds is 5. The summed E-state index contributed by atoms with van der Waals surface area (Å²) in [7, 11) is 0. The molecular formula is C16H18N2O4. The van der Waals surface area contributed by atoms with Gasteiger partial charge in [-0.2, -0.15) is 0 Å². The molecule has 1 heterocycles. The Balaban J connectivity index is 2.30. The van der Waals surface area contributed by atoms with Gasteiger partial charge in [-0.3, -0.25) is 19.3 Å². The van der Waals surface area contributed by atoms with Crippen molar-refractivity contribution >= 4 is 29.2 Å². The molecule has 0 saturated carbocycles. The number of esters is 1. The van der Waals surface area contributed by atoms with E-state index >= 15 is 0 Å². The fourth-order valence-corrected chi connectivity index (χ4v) is 2.64. The molecule has 0 spiro atoms. The molecule has 2 rings (SSSR count). The summed E-state index contributed by atoms with van der Waals surface area (Å²) in [6.07, 6.45) is -0.0899. The lowest BCUT2D eigenvalue weighted by Crippen LogP contribution is -2.37. The highest BCUT2D eigenvalue weighted by Gasteiger charge is 2.47. The molecule has 1 aliphatic rings. The maximum Gasteiger partial charge on any atom is 0.315 e. The highest BCUT2D eigenvalue weighted by Crippen LogP contribution is 2.32. The number of ether oxygens (including phenoxy) is 1. The lowest BCUT2D eigenvalue weighted by Gasteiger charge is -2.20. The van der Waals surface area contributed by atoms with Gasteiger partial charge >= 0.3 is 5.97 Å². The van der Waals surface area contributed by atoms with Gasteiger partial charge in [-0.05, 0) is 26.0 Å². The molecule has 6 heteroatoms. The molecule has 116 valence electrons. The van der Waals surface area contributed by atoms with Gasteiger partial charge in [0.25, 0.3) is 0 Å². The van der Waals surface area contributed by atoms with Crippen LogP contribution < -0.4 is 4.90 Å². The van der Waals surface area contributed by atoms with Crippen LogP contribution in [0.5, 0.6) is 0 Å². The molecule has 0 bridgehead atoms. The maximum atomic E-state index is 12.6.